The zero-order valence-corrected chi connectivity index (χ0v) is 13.0. The van der Waals surface area contributed by atoms with Crippen molar-refractivity contribution < 1.29 is 8.42 Å². The van der Waals surface area contributed by atoms with Crippen LogP contribution < -0.4 is 10.5 Å². The van der Waals surface area contributed by atoms with Gasteiger partial charge >= 0.3 is 0 Å². The van der Waals surface area contributed by atoms with E-state index in [0.29, 0.717) is 5.13 Å². The fourth-order valence-corrected chi connectivity index (χ4v) is 3.68. The molecule has 0 fully saturated rings. The quantitative estimate of drug-likeness (QED) is 0.889. The number of hydrogen-bond donors (Lipinski definition) is 2. The molecule has 1 aromatic carbocycles. The van der Waals surface area contributed by atoms with Crippen LogP contribution >= 0.6 is 11.3 Å². The maximum atomic E-state index is 12.3. The van der Waals surface area contributed by atoms with Crippen molar-refractivity contribution in [2.75, 3.05) is 4.72 Å². The molecule has 0 aliphatic heterocycles. The van der Waals surface area contributed by atoms with E-state index in [9.17, 15) is 8.42 Å². The zero-order chi connectivity index (χ0) is 14.8. The average Bonchev–Trinajstić information content (AvgIpc) is 2.82. The number of nitrogens with zero attached hydrogens (tertiary/aromatic N) is 1. The first-order valence-electron chi connectivity index (χ1n) is 6.23. The highest BCUT2D eigenvalue weighted by Gasteiger charge is 2.17. The third-order valence-corrected chi connectivity index (χ3v) is 5.17. The highest BCUT2D eigenvalue weighted by molar-refractivity contribution is 7.93. The number of aryl methyl sites for hydroxylation is 1. The lowest BCUT2D eigenvalue weighted by Gasteiger charge is -2.11. The van der Waals surface area contributed by atoms with E-state index in [1.54, 1.807) is 24.4 Å². The molecule has 20 heavy (non-hydrogen) atoms. The highest BCUT2D eigenvalue weighted by atomic mass is 32.2. The Morgan fingerprint density at radius 1 is 1.45 bits per heavy atom. The SMILES string of the molecule is CCC(N)c1cccc(S(=O)(=O)Nc2ncc(C)s2)c1. The minimum atomic E-state index is -3.62. The number of sulfonamides is 1. The van der Waals surface area contributed by atoms with Crippen molar-refractivity contribution in [3.63, 3.8) is 0 Å². The van der Waals surface area contributed by atoms with Crippen LogP contribution in [0, 0.1) is 6.92 Å². The van der Waals surface area contributed by atoms with Crippen LogP contribution in [0.25, 0.3) is 0 Å². The molecule has 1 atom stereocenters. The molecule has 0 aliphatic carbocycles. The molecule has 2 rings (SSSR count). The summed E-state index contributed by atoms with van der Waals surface area (Å²) in [6, 6.07) is 6.53. The summed E-state index contributed by atoms with van der Waals surface area (Å²) in [6.45, 7) is 3.83. The minimum Gasteiger partial charge on any atom is -0.324 e. The predicted octanol–water partition coefficient (Wildman–Crippen LogP) is 2.66. The fourth-order valence-electron chi connectivity index (χ4n) is 1.72. The van der Waals surface area contributed by atoms with E-state index in [-0.39, 0.29) is 10.9 Å². The molecule has 3 N–H and O–H groups in total. The largest absolute Gasteiger partial charge is 0.324 e. The normalized spacial score (nSPS) is 13.2. The van der Waals surface area contributed by atoms with Crippen LogP contribution in [0.3, 0.4) is 0 Å². The van der Waals surface area contributed by atoms with Crippen molar-refractivity contribution in [3.05, 3.63) is 40.9 Å². The standard InChI is InChI=1S/C13H17N3O2S2/c1-3-12(14)10-5-4-6-11(7-10)20(17,18)16-13-15-8-9(2)19-13/h4-8,12H,3,14H2,1-2H3,(H,15,16). The molecule has 0 spiro atoms. The average molecular weight is 311 g/mol. The van der Waals surface area contributed by atoms with Gasteiger partial charge in [-0.3, -0.25) is 4.72 Å². The van der Waals surface area contributed by atoms with Crippen LogP contribution in [0.4, 0.5) is 5.13 Å². The Kier molecular flexibility index (Phi) is 4.42. The lowest BCUT2D eigenvalue weighted by Crippen LogP contribution is -2.14. The smallest absolute Gasteiger partial charge is 0.263 e. The fraction of sp³-hybridized carbons (Fsp3) is 0.308. The number of aromatic nitrogens is 1. The van der Waals surface area contributed by atoms with Crippen molar-refractivity contribution in [1.29, 1.82) is 0 Å². The van der Waals surface area contributed by atoms with Crippen LogP contribution in [-0.2, 0) is 10.0 Å². The summed E-state index contributed by atoms with van der Waals surface area (Å²) >= 11 is 1.30. The Morgan fingerprint density at radius 3 is 2.80 bits per heavy atom. The summed E-state index contributed by atoms with van der Waals surface area (Å²) in [5.41, 5.74) is 6.75. The van der Waals surface area contributed by atoms with Gasteiger partial charge in [0.1, 0.15) is 0 Å². The van der Waals surface area contributed by atoms with E-state index < -0.39 is 10.0 Å². The van der Waals surface area contributed by atoms with Crippen molar-refractivity contribution in [3.8, 4) is 0 Å². The number of nitrogens with two attached hydrogens (primary N) is 1. The van der Waals surface area contributed by atoms with E-state index in [1.807, 2.05) is 19.9 Å². The molecule has 0 saturated carbocycles. The topological polar surface area (TPSA) is 85.1 Å². The molecule has 1 aromatic heterocycles. The second-order valence-corrected chi connectivity index (χ2v) is 7.39. The summed E-state index contributed by atoms with van der Waals surface area (Å²) < 4.78 is 27.1. The number of nitrogens with one attached hydrogen (secondary N) is 1. The first-order valence-corrected chi connectivity index (χ1v) is 8.53. The number of thiazole rings is 1. The predicted molar refractivity (Wildman–Crippen MR) is 81.3 cm³/mol. The molecule has 1 heterocycles. The first-order chi connectivity index (χ1) is 9.42. The molecule has 108 valence electrons. The Balaban J connectivity index is 2.29. The van der Waals surface area contributed by atoms with Gasteiger partial charge < -0.3 is 5.73 Å². The lowest BCUT2D eigenvalue weighted by atomic mass is 10.1. The van der Waals surface area contributed by atoms with Crippen molar-refractivity contribution in [2.45, 2.75) is 31.2 Å². The van der Waals surface area contributed by atoms with Gasteiger partial charge in [0, 0.05) is 17.1 Å². The van der Waals surface area contributed by atoms with Gasteiger partial charge in [-0.25, -0.2) is 13.4 Å². The maximum absolute atomic E-state index is 12.3. The molecular formula is C13H17N3O2S2. The van der Waals surface area contributed by atoms with Gasteiger partial charge in [0.2, 0.25) is 0 Å². The van der Waals surface area contributed by atoms with Crippen LogP contribution in [0.2, 0.25) is 0 Å². The van der Waals surface area contributed by atoms with Crippen LogP contribution in [-0.4, -0.2) is 13.4 Å². The Labute approximate surface area is 122 Å². The summed E-state index contributed by atoms with van der Waals surface area (Å²) in [4.78, 5) is 5.15. The summed E-state index contributed by atoms with van der Waals surface area (Å²) in [5.74, 6) is 0. The second kappa shape index (κ2) is 5.90. The molecule has 0 aliphatic rings. The van der Waals surface area contributed by atoms with Gasteiger partial charge in [0.05, 0.1) is 4.90 Å². The molecule has 0 amide bonds. The molecular weight excluding hydrogens is 294 g/mol. The molecule has 0 saturated heterocycles. The van der Waals surface area contributed by atoms with E-state index in [0.717, 1.165) is 16.9 Å². The third-order valence-electron chi connectivity index (χ3n) is 2.88. The molecule has 5 nitrogen and oxygen atoms in total. The van der Waals surface area contributed by atoms with Gasteiger partial charge in [-0.2, -0.15) is 0 Å². The summed E-state index contributed by atoms with van der Waals surface area (Å²) in [7, 11) is -3.62. The maximum Gasteiger partial charge on any atom is 0.263 e. The number of hydrogen-bond acceptors (Lipinski definition) is 5. The zero-order valence-electron chi connectivity index (χ0n) is 11.3. The Hall–Kier alpha value is -1.44. The lowest BCUT2D eigenvalue weighted by molar-refractivity contribution is 0.600. The number of benzene rings is 1. The van der Waals surface area contributed by atoms with Gasteiger partial charge in [0.25, 0.3) is 10.0 Å². The van der Waals surface area contributed by atoms with Crippen LogP contribution in [0.1, 0.15) is 29.8 Å². The van der Waals surface area contributed by atoms with E-state index in [1.165, 1.54) is 11.3 Å². The van der Waals surface area contributed by atoms with Crippen LogP contribution in [0.5, 0.6) is 0 Å². The van der Waals surface area contributed by atoms with E-state index >= 15 is 0 Å². The monoisotopic (exact) mass is 311 g/mol. The molecule has 0 bridgehead atoms. The molecule has 7 heteroatoms. The third kappa shape index (κ3) is 3.36. The van der Waals surface area contributed by atoms with Gasteiger partial charge in [-0.1, -0.05) is 19.1 Å². The van der Waals surface area contributed by atoms with Gasteiger partial charge in [-0.15, -0.1) is 11.3 Å². The number of anilines is 1. The Bertz CT molecular complexity index is 695. The summed E-state index contributed by atoms with van der Waals surface area (Å²) in [5, 5.41) is 0.368. The molecule has 1 unspecified atom stereocenters. The summed E-state index contributed by atoms with van der Waals surface area (Å²) in [6.07, 6.45) is 2.38. The molecule has 2 aromatic rings. The number of rotatable bonds is 5. The van der Waals surface area contributed by atoms with Crippen LogP contribution in [0.15, 0.2) is 35.4 Å². The van der Waals surface area contributed by atoms with E-state index in [2.05, 4.69) is 9.71 Å². The highest BCUT2D eigenvalue weighted by Crippen LogP contribution is 2.23. The van der Waals surface area contributed by atoms with Crippen molar-refractivity contribution >= 4 is 26.5 Å². The van der Waals surface area contributed by atoms with E-state index in [4.69, 9.17) is 5.73 Å². The minimum absolute atomic E-state index is 0.160. The van der Waals surface area contributed by atoms with Gasteiger partial charge in [0.15, 0.2) is 5.13 Å². The van der Waals surface area contributed by atoms with Crippen molar-refractivity contribution in [1.82, 2.24) is 4.98 Å². The first kappa shape index (κ1) is 15.0. The van der Waals surface area contributed by atoms with Gasteiger partial charge in [-0.05, 0) is 31.0 Å². The van der Waals surface area contributed by atoms with Crippen molar-refractivity contribution in [2.24, 2.45) is 5.73 Å². The second-order valence-electron chi connectivity index (χ2n) is 4.47. The Morgan fingerprint density at radius 2 is 2.20 bits per heavy atom. The molecule has 0 radical (unpaired) electrons.